The van der Waals surface area contributed by atoms with Crippen molar-refractivity contribution in [2.45, 2.75) is 31.0 Å². The van der Waals surface area contributed by atoms with Gasteiger partial charge in [-0.2, -0.15) is 4.98 Å². The fourth-order valence-electron chi connectivity index (χ4n) is 4.91. The Labute approximate surface area is 208 Å². The summed E-state index contributed by atoms with van der Waals surface area (Å²) in [4.78, 5) is 6.02. The van der Waals surface area contributed by atoms with Crippen LogP contribution in [0.5, 0.6) is 5.88 Å². The van der Waals surface area contributed by atoms with Gasteiger partial charge in [0.1, 0.15) is 17.7 Å². The summed E-state index contributed by atoms with van der Waals surface area (Å²) in [5.41, 5.74) is 1.90. The van der Waals surface area contributed by atoms with Gasteiger partial charge < -0.3 is 14.8 Å². The number of nitrogens with zero attached hydrogens (tertiary/aromatic N) is 7. The van der Waals surface area contributed by atoms with Crippen LogP contribution in [0, 0.1) is 5.82 Å². The van der Waals surface area contributed by atoms with Crippen molar-refractivity contribution in [2.75, 3.05) is 45.4 Å². The summed E-state index contributed by atoms with van der Waals surface area (Å²) >= 11 is 0. The molecule has 2 saturated heterocycles. The number of piperidine rings is 1. The Morgan fingerprint density at radius 3 is 2.81 bits per heavy atom. The maximum Gasteiger partial charge on any atom is 0.280 e. The van der Waals surface area contributed by atoms with Crippen LogP contribution in [0.2, 0.25) is 0 Å². The van der Waals surface area contributed by atoms with Crippen LogP contribution in [0.4, 0.5) is 23.5 Å². The number of benzene rings is 1. The second-order valence-electron chi connectivity index (χ2n) is 9.20. The molecule has 0 spiro atoms. The molecule has 3 aromatic heterocycles. The van der Waals surface area contributed by atoms with Gasteiger partial charge in [-0.1, -0.05) is 11.3 Å². The van der Waals surface area contributed by atoms with Crippen molar-refractivity contribution in [3.05, 3.63) is 30.2 Å². The average molecular weight is 520 g/mol. The number of halogens is 4. The number of anilines is 1. The Morgan fingerprint density at radius 1 is 1.27 bits per heavy atom. The van der Waals surface area contributed by atoms with Gasteiger partial charge in [0, 0.05) is 6.54 Å². The third-order valence-electron chi connectivity index (χ3n) is 6.91. The van der Waals surface area contributed by atoms with Crippen LogP contribution in [0.15, 0.2) is 24.4 Å². The number of likely N-dealkylation sites (tertiary alicyclic amines) is 1. The van der Waals surface area contributed by atoms with E-state index in [9.17, 15) is 13.2 Å². The summed E-state index contributed by atoms with van der Waals surface area (Å²) in [5.74, 6) is -3.73. The van der Waals surface area contributed by atoms with Crippen LogP contribution in [-0.2, 0) is 11.3 Å². The Kier molecular flexibility index (Phi) is 5.87. The third-order valence-corrected chi connectivity index (χ3v) is 6.91. The number of ether oxygens (including phenoxy) is 2. The molecule has 0 unspecified atom stereocenters. The molecule has 37 heavy (non-hydrogen) atoms. The molecule has 2 fully saturated rings. The molecule has 6 rings (SSSR count). The van der Waals surface area contributed by atoms with E-state index in [1.165, 1.54) is 16.3 Å². The van der Waals surface area contributed by atoms with E-state index in [4.69, 9.17) is 9.47 Å². The minimum absolute atomic E-state index is 0.0123. The lowest BCUT2D eigenvalue weighted by molar-refractivity contribution is -0.131. The number of fused-ring (bicyclic) bond motifs is 2. The van der Waals surface area contributed by atoms with Crippen molar-refractivity contribution in [3.63, 3.8) is 0 Å². The topological polar surface area (TPSA) is 94.6 Å². The molecule has 196 valence electrons. The molecule has 0 aliphatic carbocycles. The number of methoxy groups -OCH3 is 1. The van der Waals surface area contributed by atoms with Gasteiger partial charge in [-0.05, 0) is 24.1 Å². The highest BCUT2D eigenvalue weighted by Gasteiger charge is 2.47. The van der Waals surface area contributed by atoms with Gasteiger partial charge in [0.15, 0.2) is 5.82 Å². The summed E-state index contributed by atoms with van der Waals surface area (Å²) in [6.07, 6.45) is 1.32. The number of alkyl halides is 3. The molecule has 10 nitrogen and oxygen atoms in total. The van der Waals surface area contributed by atoms with Gasteiger partial charge in [-0.25, -0.2) is 26.8 Å². The summed E-state index contributed by atoms with van der Waals surface area (Å²) < 4.78 is 71.3. The zero-order chi connectivity index (χ0) is 25.7. The summed E-state index contributed by atoms with van der Waals surface area (Å²) in [6.45, 7) is 0.410. The largest absolute Gasteiger partial charge is 0.479 e. The zero-order valence-electron chi connectivity index (χ0n) is 19.9. The van der Waals surface area contributed by atoms with E-state index in [0.29, 0.717) is 36.4 Å². The van der Waals surface area contributed by atoms with E-state index in [1.807, 2.05) is 0 Å². The van der Waals surface area contributed by atoms with Crippen molar-refractivity contribution in [3.8, 4) is 17.0 Å². The molecule has 1 atom stereocenters. The zero-order valence-corrected chi connectivity index (χ0v) is 19.9. The van der Waals surface area contributed by atoms with Crippen molar-refractivity contribution in [2.24, 2.45) is 0 Å². The maximum absolute atomic E-state index is 15.3. The number of aromatic nitrogens is 6. The average Bonchev–Trinajstić information content (AvgIpc) is 3.38. The van der Waals surface area contributed by atoms with Crippen molar-refractivity contribution < 1.29 is 27.0 Å². The first-order valence-electron chi connectivity index (χ1n) is 11.9. The lowest BCUT2D eigenvalue weighted by atomic mass is 9.98. The number of hydrogen-bond donors (Lipinski definition) is 1. The monoisotopic (exact) mass is 520 g/mol. The van der Waals surface area contributed by atoms with Crippen LogP contribution in [0.1, 0.15) is 6.42 Å². The Bertz CT molecular complexity index is 1450. The number of nitrogens with one attached hydrogen (secondary N) is 1. The number of aryl methyl sites for hydroxylation is 1. The maximum atomic E-state index is 15.3. The summed E-state index contributed by atoms with van der Waals surface area (Å²) in [5, 5.41) is 14.9. The van der Waals surface area contributed by atoms with E-state index in [0.717, 1.165) is 6.20 Å². The van der Waals surface area contributed by atoms with Gasteiger partial charge in [0.2, 0.25) is 11.8 Å². The lowest BCUT2D eigenvalue weighted by Crippen LogP contribution is -2.61. The molecular formula is C23H24F4N8O2. The smallest absolute Gasteiger partial charge is 0.280 e. The highest BCUT2D eigenvalue weighted by Crippen LogP contribution is 2.36. The third kappa shape index (κ3) is 4.13. The van der Waals surface area contributed by atoms with Gasteiger partial charge >= 0.3 is 0 Å². The first kappa shape index (κ1) is 23.9. The van der Waals surface area contributed by atoms with Crippen molar-refractivity contribution in [1.82, 2.24) is 34.5 Å². The molecule has 0 bridgehead atoms. The molecule has 2 aliphatic heterocycles. The number of hydrogen-bond acceptors (Lipinski definition) is 8. The summed E-state index contributed by atoms with van der Waals surface area (Å²) in [7, 11) is 1.36. The Morgan fingerprint density at radius 2 is 2.11 bits per heavy atom. The molecule has 0 saturated carbocycles. The SMILES string of the molecule is COc1nc(N[C@@H]2CCN(C3COC3)CC2(F)F)nn2cc(F)c(-c3ccc4nnn(CCF)c4c3)c12. The van der Waals surface area contributed by atoms with Crippen molar-refractivity contribution in [1.29, 1.82) is 0 Å². The standard InChI is InChI=1S/C23H24F4N8O2/c1-36-21-20-19(13-2-3-16-17(8-13)34(7-5-24)32-30-16)15(25)9-35(20)31-22(29-21)28-18-4-6-33(12-23(18,26)27)14-10-37-11-14/h2-3,8-9,14,18H,4-7,10-12H2,1H3,(H,28,31)/t18-/m1/s1. The molecule has 1 aromatic carbocycles. The van der Waals surface area contributed by atoms with Gasteiger partial charge in [-0.3, -0.25) is 4.90 Å². The van der Waals surface area contributed by atoms with Crippen LogP contribution < -0.4 is 10.1 Å². The van der Waals surface area contributed by atoms with Crippen LogP contribution in [0.25, 0.3) is 27.7 Å². The molecule has 0 amide bonds. The van der Waals surface area contributed by atoms with E-state index >= 15 is 4.39 Å². The molecule has 1 N–H and O–H groups in total. The Balaban J connectivity index is 1.33. The summed E-state index contributed by atoms with van der Waals surface area (Å²) in [6, 6.07) is 3.78. The highest BCUT2D eigenvalue weighted by atomic mass is 19.3. The van der Waals surface area contributed by atoms with Crippen molar-refractivity contribution >= 4 is 22.5 Å². The molecule has 4 aromatic rings. The van der Waals surface area contributed by atoms with E-state index < -0.39 is 31.0 Å². The highest BCUT2D eigenvalue weighted by molar-refractivity contribution is 5.89. The van der Waals surface area contributed by atoms with E-state index in [-0.39, 0.29) is 41.9 Å². The van der Waals surface area contributed by atoms with Gasteiger partial charge in [0.25, 0.3) is 5.92 Å². The molecule has 5 heterocycles. The van der Waals surface area contributed by atoms with Crippen LogP contribution >= 0.6 is 0 Å². The second-order valence-corrected chi connectivity index (χ2v) is 9.20. The normalized spacial score (nSPS) is 20.4. The minimum Gasteiger partial charge on any atom is -0.479 e. The van der Waals surface area contributed by atoms with E-state index in [1.54, 1.807) is 23.1 Å². The van der Waals surface area contributed by atoms with Crippen LogP contribution in [0.3, 0.4) is 0 Å². The Hall–Kier alpha value is -3.52. The first-order valence-corrected chi connectivity index (χ1v) is 11.9. The van der Waals surface area contributed by atoms with Gasteiger partial charge in [0.05, 0.1) is 62.8 Å². The number of rotatable bonds is 7. The van der Waals surface area contributed by atoms with E-state index in [2.05, 4.69) is 25.7 Å². The molecule has 14 heteroatoms. The molecule has 2 aliphatic rings. The van der Waals surface area contributed by atoms with Crippen LogP contribution in [-0.4, -0.2) is 92.6 Å². The first-order chi connectivity index (χ1) is 17.9. The quantitative estimate of drug-likeness (QED) is 0.372. The predicted molar refractivity (Wildman–Crippen MR) is 125 cm³/mol. The molecular weight excluding hydrogens is 496 g/mol. The van der Waals surface area contributed by atoms with Gasteiger partial charge in [-0.15, -0.1) is 10.2 Å². The fraction of sp³-hybridized carbons (Fsp3) is 0.478. The fourth-order valence-corrected chi connectivity index (χ4v) is 4.91. The predicted octanol–water partition coefficient (Wildman–Crippen LogP) is 2.78. The minimum atomic E-state index is -3.03. The second kappa shape index (κ2) is 9.10. The lowest BCUT2D eigenvalue weighted by Gasteiger charge is -2.44. The molecule has 0 radical (unpaired) electrons.